The van der Waals surface area contributed by atoms with Crippen molar-refractivity contribution in [2.45, 2.75) is 83.3 Å². The molecule has 1 aliphatic rings. The molecular formula is C29H40FN3O4. The number of alkyl carbamates (subject to hydrolysis) is 1. The van der Waals surface area contributed by atoms with Crippen LogP contribution in [0.3, 0.4) is 0 Å². The van der Waals surface area contributed by atoms with E-state index in [-0.39, 0.29) is 6.09 Å². The second kappa shape index (κ2) is 17.1. The summed E-state index contributed by atoms with van der Waals surface area (Å²) in [5, 5.41) is 5.05. The molecule has 0 aliphatic heterocycles. The minimum Gasteiger partial charge on any atom is -0.445 e. The highest BCUT2D eigenvalue weighted by Gasteiger charge is 2.16. The summed E-state index contributed by atoms with van der Waals surface area (Å²) in [7, 11) is 0. The van der Waals surface area contributed by atoms with Gasteiger partial charge >= 0.3 is 6.09 Å². The quantitative estimate of drug-likeness (QED) is 0.252. The molecule has 4 N–H and O–H groups in total. The molecule has 2 aromatic carbocycles. The van der Waals surface area contributed by atoms with Gasteiger partial charge < -0.3 is 21.1 Å². The summed E-state index contributed by atoms with van der Waals surface area (Å²) in [6.07, 6.45) is 11.4. The Kier molecular flexibility index (Phi) is 13.8. The predicted molar refractivity (Wildman–Crippen MR) is 142 cm³/mol. The van der Waals surface area contributed by atoms with Gasteiger partial charge in [0, 0.05) is 6.54 Å². The topological polar surface area (TPSA) is 111 Å². The predicted octanol–water partition coefficient (Wildman–Crippen LogP) is 5.64. The summed E-state index contributed by atoms with van der Waals surface area (Å²) in [5.41, 5.74) is 7.99. The van der Waals surface area contributed by atoms with Crippen molar-refractivity contribution in [3.63, 3.8) is 0 Å². The fourth-order valence-corrected chi connectivity index (χ4v) is 4.33. The summed E-state index contributed by atoms with van der Waals surface area (Å²) in [4.78, 5) is 32.7. The molecule has 1 saturated carbocycles. The van der Waals surface area contributed by atoms with Crippen LogP contribution in [-0.2, 0) is 20.9 Å². The van der Waals surface area contributed by atoms with Crippen LogP contribution in [0.4, 0.5) is 9.18 Å². The molecule has 7 nitrogen and oxygen atoms in total. The third kappa shape index (κ3) is 11.5. The fourth-order valence-electron chi connectivity index (χ4n) is 4.33. The van der Waals surface area contributed by atoms with Gasteiger partial charge in [0.15, 0.2) is 0 Å². The van der Waals surface area contributed by atoms with Gasteiger partial charge in [-0.15, -0.1) is 0 Å². The van der Waals surface area contributed by atoms with Crippen molar-refractivity contribution in [1.82, 2.24) is 10.6 Å². The van der Waals surface area contributed by atoms with Crippen molar-refractivity contribution < 1.29 is 23.5 Å². The minimum absolute atomic E-state index is 0.308. The fraction of sp³-hybridized carbons (Fsp3) is 0.483. The summed E-state index contributed by atoms with van der Waals surface area (Å²) < 4.78 is 17.8. The molecule has 1 fully saturated rings. The van der Waals surface area contributed by atoms with E-state index in [1.807, 2.05) is 0 Å². The van der Waals surface area contributed by atoms with E-state index in [9.17, 15) is 18.8 Å². The molecule has 3 rings (SSSR count). The van der Waals surface area contributed by atoms with Gasteiger partial charge in [-0.3, -0.25) is 9.59 Å². The number of hydrogen-bond acceptors (Lipinski definition) is 4. The molecule has 8 heteroatoms. The molecule has 1 atom stereocenters. The van der Waals surface area contributed by atoms with E-state index in [4.69, 9.17) is 10.5 Å². The lowest BCUT2D eigenvalue weighted by molar-refractivity contribution is -0.122. The van der Waals surface area contributed by atoms with Crippen molar-refractivity contribution in [1.29, 1.82) is 0 Å². The van der Waals surface area contributed by atoms with Gasteiger partial charge in [0.1, 0.15) is 18.5 Å². The normalized spacial score (nSPS) is 14.0. The first-order valence-electron chi connectivity index (χ1n) is 13.2. The van der Waals surface area contributed by atoms with E-state index < -0.39 is 17.8 Å². The van der Waals surface area contributed by atoms with E-state index >= 15 is 0 Å². The number of benzene rings is 2. The van der Waals surface area contributed by atoms with E-state index in [0.717, 1.165) is 17.9 Å². The Morgan fingerprint density at radius 2 is 1.70 bits per heavy atom. The van der Waals surface area contributed by atoms with Gasteiger partial charge in [0.2, 0.25) is 12.3 Å². The maximum atomic E-state index is 12.5. The SMILES string of the molecule is CCCCCCNC(=O)OCc1ccc(C2CCCCC2)cc1.NC(=O)C(NC=O)c1ccc(F)cc1. The maximum Gasteiger partial charge on any atom is 0.407 e. The zero-order valence-electron chi connectivity index (χ0n) is 21.7. The van der Waals surface area contributed by atoms with Crippen LogP contribution in [0.2, 0.25) is 0 Å². The van der Waals surface area contributed by atoms with Crippen LogP contribution in [0.5, 0.6) is 0 Å². The van der Waals surface area contributed by atoms with E-state index in [1.165, 1.54) is 81.2 Å². The van der Waals surface area contributed by atoms with Crippen molar-refractivity contribution in [3.8, 4) is 0 Å². The lowest BCUT2D eigenvalue weighted by atomic mass is 9.84. The summed E-state index contributed by atoms with van der Waals surface area (Å²) >= 11 is 0. The Hall–Kier alpha value is -3.42. The number of nitrogens with one attached hydrogen (secondary N) is 2. The number of unbranched alkanes of at least 4 members (excludes halogenated alkanes) is 3. The molecule has 37 heavy (non-hydrogen) atoms. The number of hydrogen-bond donors (Lipinski definition) is 3. The third-order valence-corrected chi connectivity index (χ3v) is 6.45. The third-order valence-electron chi connectivity index (χ3n) is 6.45. The van der Waals surface area contributed by atoms with Crippen molar-refractivity contribution >= 4 is 18.4 Å². The van der Waals surface area contributed by atoms with Crippen molar-refractivity contribution in [3.05, 3.63) is 71.0 Å². The van der Waals surface area contributed by atoms with E-state index in [1.54, 1.807) is 0 Å². The average molecular weight is 514 g/mol. The largest absolute Gasteiger partial charge is 0.445 e. The standard InChI is InChI=1S/C20H31NO2.C9H9FN2O2/c1-2-3-4-8-15-21-20(22)23-16-17-11-13-19(14-12-17)18-9-6-5-7-10-18;10-7-3-1-6(2-4-7)8(9(11)14)12-5-13/h11-14,18H,2-10,15-16H2,1H3,(H,21,22);1-5,8H,(H2,11,14)(H,12,13). The summed E-state index contributed by atoms with van der Waals surface area (Å²) in [6.45, 7) is 3.24. The van der Waals surface area contributed by atoms with Gasteiger partial charge in [0.05, 0.1) is 0 Å². The van der Waals surface area contributed by atoms with E-state index in [0.29, 0.717) is 25.1 Å². The Labute approximate surface area is 219 Å². The molecule has 0 saturated heterocycles. The van der Waals surface area contributed by atoms with Gasteiger partial charge in [0.25, 0.3) is 0 Å². The van der Waals surface area contributed by atoms with Crippen LogP contribution >= 0.6 is 0 Å². The molecule has 1 unspecified atom stereocenters. The van der Waals surface area contributed by atoms with Gasteiger partial charge in [-0.1, -0.05) is 81.8 Å². The lowest BCUT2D eigenvalue weighted by Gasteiger charge is -2.22. The van der Waals surface area contributed by atoms with E-state index in [2.05, 4.69) is 41.8 Å². The number of nitrogens with two attached hydrogens (primary N) is 1. The van der Waals surface area contributed by atoms with Crippen LogP contribution in [-0.4, -0.2) is 25.0 Å². The Balaban J connectivity index is 0.000000294. The highest BCUT2D eigenvalue weighted by molar-refractivity contribution is 5.83. The number of rotatable bonds is 12. The monoisotopic (exact) mass is 513 g/mol. The van der Waals surface area contributed by atoms with Crippen LogP contribution in [0.25, 0.3) is 0 Å². The van der Waals surface area contributed by atoms with Crippen LogP contribution in [0.1, 0.15) is 93.4 Å². The smallest absolute Gasteiger partial charge is 0.407 e. The molecular weight excluding hydrogens is 473 g/mol. The molecule has 0 bridgehead atoms. The molecule has 0 aromatic heterocycles. The molecule has 0 radical (unpaired) electrons. The summed E-state index contributed by atoms with van der Waals surface area (Å²) in [6, 6.07) is 12.9. The number of carbonyl (C=O) groups excluding carboxylic acids is 3. The number of ether oxygens (including phenoxy) is 1. The molecule has 0 spiro atoms. The number of carbonyl (C=O) groups is 3. The summed E-state index contributed by atoms with van der Waals surface area (Å²) in [5.74, 6) is -0.378. The second-order valence-electron chi connectivity index (χ2n) is 9.31. The minimum atomic E-state index is -0.909. The molecule has 1 aliphatic carbocycles. The maximum absolute atomic E-state index is 12.5. The lowest BCUT2D eigenvalue weighted by Crippen LogP contribution is -2.32. The molecule has 3 amide bonds. The van der Waals surface area contributed by atoms with Gasteiger partial charge in [-0.2, -0.15) is 0 Å². The Morgan fingerprint density at radius 3 is 2.30 bits per heavy atom. The number of amides is 3. The Morgan fingerprint density at radius 1 is 1.03 bits per heavy atom. The first-order valence-corrected chi connectivity index (χ1v) is 13.2. The van der Waals surface area contributed by atoms with Crippen LogP contribution < -0.4 is 16.4 Å². The van der Waals surface area contributed by atoms with Gasteiger partial charge in [-0.25, -0.2) is 9.18 Å². The zero-order valence-corrected chi connectivity index (χ0v) is 21.7. The molecule has 0 heterocycles. The number of primary amides is 1. The zero-order chi connectivity index (χ0) is 26.9. The number of halogens is 1. The van der Waals surface area contributed by atoms with Crippen molar-refractivity contribution in [2.75, 3.05) is 6.54 Å². The van der Waals surface area contributed by atoms with Gasteiger partial charge in [-0.05, 0) is 54.0 Å². The second-order valence-corrected chi connectivity index (χ2v) is 9.31. The molecule has 202 valence electrons. The highest BCUT2D eigenvalue weighted by Crippen LogP contribution is 2.32. The average Bonchev–Trinajstić information content (AvgIpc) is 2.92. The molecule has 2 aromatic rings. The first-order chi connectivity index (χ1) is 17.9. The van der Waals surface area contributed by atoms with Crippen LogP contribution in [0.15, 0.2) is 48.5 Å². The van der Waals surface area contributed by atoms with Crippen molar-refractivity contribution in [2.24, 2.45) is 5.73 Å². The Bertz CT molecular complexity index is 945. The van der Waals surface area contributed by atoms with Crippen LogP contribution in [0, 0.1) is 5.82 Å². The first kappa shape index (κ1) is 29.8. The highest BCUT2D eigenvalue weighted by atomic mass is 19.1.